The van der Waals surface area contributed by atoms with Gasteiger partial charge >= 0.3 is 0 Å². The lowest BCUT2D eigenvalue weighted by Gasteiger charge is -2.13. The first-order valence-corrected chi connectivity index (χ1v) is 9.32. The first kappa shape index (κ1) is 19.2. The fraction of sp³-hybridized carbons (Fsp3) is 0.235. The van der Waals surface area contributed by atoms with Crippen molar-refractivity contribution < 1.29 is 17.9 Å². The Morgan fingerprint density at radius 3 is 2.20 bits per heavy atom. The molecule has 1 amide bonds. The van der Waals surface area contributed by atoms with E-state index in [2.05, 4.69) is 10.0 Å². The van der Waals surface area contributed by atoms with Crippen molar-refractivity contribution >= 4 is 33.2 Å². The van der Waals surface area contributed by atoms with Crippen LogP contribution in [0.5, 0.6) is 5.75 Å². The molecule has 25 heavy (non-hydrogen) atoms. The van der Waals surface area contributed by atoms with E-state index in [1.807, 2.05) is 13.8 Å². The Bertz CT molecular complexity index is 857. The van der Waals surface area contributed by atoms with Crippen molar-refractivity contribution in [2.75, 3.05) is 19.0 Å². The highest BCUT2D eigenvalue weighted by molar-refractivity contribution is 7.89. The van der Waals surface area contributed by atoms with E-state index in [9.17, 15) is 13.2 Å². The van der Waals surface area contributed by atoms with Crippen LogP contribution in [-0.4, -0.2) is 28.0 Å². The number of benzene rings is 2. The van der Waals surface area contributed by atoms with Crippen LogP contribution in [0.25, 0.3) is 0 Å². The number of halogens is 1. The lowest BCUT2D eigenvalue weighted by Crippen LogP contribution is -2.21. The molecule has 0 bridgehead atoms. The molecule has 0 fully saturated rings. The molecule has 0 spiro atoms. The van der Waals surface area contributed by atoms with E-state index in [4.69, 9.17) is 16.3 Å². The number of hydrogen-bond acceptors (Lipinski definition) is 4. The quantitative estimate of drug-likeness (QED) is 0.804. The first-order chi connectivity index (χ1) is 11.7. The zero-order valence-electron chi connectivity index (χ0n) is 14.1. The Morgan fingerprint density at radius 2 is 1.68 bits per heavy atom. The van der Waals surface area contributed by atoms with Crippen molar-refractivity contribution in [1.82, 2.24) is 4.72 Å². The van der Waals surface area contributed by atoms with Crippen LogP contribution < -0.4 is 14.8 Å². The van der Waals surface area contributed by atoms with Crippen molar-refractivity contribution in [1.29, 1.82) is 0 Å². The van der Waals surface area contributed by atoms with E-state index in [1.54, 1.807) is 12.1 Å². The Balaban J connectivity index is 1.99. The second-order valence-corrected chi connectivity index (χ2v) is 7.76. The lowest BCUT2D eigenvalue weighted by atomic mass is 10.1. The van der Waals surface area contributed by atoms with Crippen LogP contribution in [0.1, 0.15) is 11.1 Å². The molecule has 0 atom stereocenters. The lowest BCUT2D eigenvalue weighted by molar-refractivity contribution is -0.118. The number of amides is 1. The number of nitrogens with one attached hydrogen (secondary N) is 2. The number of sulfonamides is 1. The van der Waals surface area contributed by atoms with Gasteiger partial charge in [0.05, 0.1) is 4.90 Å². The Hall–Kier alpha value is -2.09. The molecule has 0 heterocycles. The molecule has 2 rings (SSSR count). The van der Waals surface area contributed by atoms with Gasteiger partial charge in [-0.05, 0) is 68.4 Å². The molecule has 0 aromatic heterocycles. The van der Waals surface area contributed by atoms with Crippen LogP contribution in [0, 0.1) is 13.8 Å². The standard InChI is InChI=1S/C17H19ClN2O4S/c1-11-8-13(18)9-12(2)17(11)24-10-16(21)20-14-4-6-15(7-5-14)25(22,23)19-3/h4-9,19H,10H2,1-3H3,(H,20,21). The normalized spacial score (nSPS) is 11.2. The van der Waals surface area contributed by atoms with Crippen LogP contribution in [-0.2, 0) is 14.8 Å². The summed E-state index contributed by atoms with van der Waals surface area (Å²) in [5, 5.41) is 3.27. The summed E-state index contributed by atoms with van der Waals surface area (Å²) in [6, 6.07) is 9.39. The van der Waals surface area contributed by atoms with Crippen molar-refractivity contribution in [2.24, 2.45) is 0 Å². The molecule has 2 aromatic carbocycles. The second-order valence-electron chi connectivity index (χ2n) is 5.44. The second kappa shape index (κ2) is 7.86. The third-order valence-electron chi connectivity index (χ3n) is 3.49. The first-order valence-electron chi connectivity index (χ1n) is 7.46. The number of hydrogen-bond donors (Lipinski definition) is 2. The van der Waals surface area contributed by atoms with Crippen molar-refractivity contribution in [3.63, 3.8) is 0 Å². The molecule has 0 aliphatic carbocycles. The van der Waals surface area contributed by atoms with Crippen molar-refractivity contribution in [3.8, 4) is 5.75 Å². The van der Waals surface area contributed by atoms with E-state index in [0.29, 0.717) is 16.5 Å². The molecular formula is C17H19ClN2O4S. The van der Waals surface area contributed by atoms with E-state index in [1.165, 1.54) is 31.3 Å². The van der Waals surface area contributed by atoms with Gasteiger partial charge in [-0.1, -0.05) is 11.6 Å². The molecule has 8 heteroatoms. The van der Waals surface area contributed by atoms with Gasteiger partial charge in [-0.15, -0.1) is 0 Å². The summed E-state index contributed by atoms with van der Waals surface area (Å²) in [6.45, 7) is 3.54. The molecule has 6 nitrogen and oxygen atoms in total. The summed E-state index contributed by atoms with van der Waals surface area (Å²) >= 11 is 5.97. The fourth-order valence-electron chi connectivity index (χ4n) is 2.30. The van der Waals surface area contributed by atoms with Gasteiger partial charge in [0.15, 0.2) is 6.61 Å². The van der Waals surface area contributed by atoms with E-state index >= 15 is 0 Å². The smallest absolute Gasteiger partial charge is 0.262 e. The Morgan fingerprint density at radius 1 is 1.12 bits per heavy atom. The maximum Gasteiger partial charge on any atom is 0.262 e. The number of rotatable bonds is 6. The zero-order chi connectivity index (χ0) is 18.6. The van der Waals surface area contributed by atoms with Gasteiger partial charge in [-0.2, -0.15) is 0 Å². The number of aryl methyl sites for hydroxylation is 2. The van der Waals surface area contributed by atoms with E-state index in [0.717, 1.165) is 11.1 Å². The number of anilines is 1. The van der Waals surface area contributed by atoms with Crippen LogP contribution in [0.15, 0.2) is 41.3 Å². The Kier molecular flexibility index (Phi) is 6.05. The van der Waals surface area contributed by atoms with Gasteiger partial charge in [-0.3, -0.25) is 4.79 Å². The number of ether oxygens (including phenoxy) is 1. The van der Waals surface area contributed by atoms with Crippen LogP contribution in [0.2, 0.25) is 5.02 Å². The highest BCUT2D eigenvalue weighted by Gasteiger charge is 2.12. The van der Waals surface area contributed by atoms with Crippen LogP contribution in [0.3, 0.4) is 0 Å². The summed E-state index contributed by atoms with van der Waals surface area (Å²) in [5.74, 6) is 0.271. The third kappa shape index (κ3) is 4.94. The number of carbonyl (C=O) groups excluding carboxylic acids is 1. The molecule has 0 unspecified atom stereocenters. The molecule has 0 saturated carbocycles. The van der Waals surface area contributed by atoms with E-state index < -0.39 is 10.0 Å². The van der Waals surface area contributed by atoms with Gasteiger partial charge in [0.1, 0.15) is 5.75 Å². The predicted molar refractivity (Wildman–Crippen MR) is 97.7 cm³/mol. The van der Waals surface area contributed by atoms with Gasteiger partial charge in [0.2, 0.25) is 10.0 Å². The molecule has 0 saturated heterocycles. The minimum atomic E-state index is -3.50. The summed E-state index contributed by atoms with van der Waals surface area (Å²) in [4.78, 5) is 12.1. The minimum Gasteiger partial charge on any atom is -0.483 e. The summed E-state index contributed by atoms with van der Waals surface area (Å²) in [5.41, 5.74) is 2.17. The highest BCUT2D eigenvalue weighted by atomic mass is 35.5. The van der Waals surface area contributed by atoms with Gasteiger partial charge in [0.25, 0.3) is 5.91 Å². The van der Waals surface area contributed by atoms with E-state index in [-0.39, 0.29) is 17.4 Å². The Labute approximate surface area is 152 Å². The molecule has 2 aromatic rings. The van der Waals surface area contributed by atoms with Crippen LogP contribution in [0.4, 0.5) is 5.69 Å². The molecule has 2 N–H and O–H groups in total. The average Bonchev–Trinajstić information content (AvgIpc) is 2.54. The van der Waals surface area contributed by atoms with Gasteiger partial charge in [-0.25, -0.2) is 13.1 Å². The molecular weight excluding hydrogens is 364 g/mol. The molecule has 0 radical (unpaired) electrons. The molecule has 134 valence electrons. The highest BCUT2D eigenvalue weighted by Crippen LogP contribution is 2.27. The topological polar surface area (TPSA) is 84.5 Å². The van der Waals surface area contributed by atoms with Gasteiger partial charge < -0.3 is 10.1 Å². The monoisotopic (exact) mass is 382 g/mol. The minimum absolute atomic E-state index is 0.122. The largest absolute Gasteiger partial charge is 0.483 e. The maximum atomic E-state index is 12.0. The average molecular weight is 383 g/mol. The third-order valence-corrected chi connectivity index (χ3v) is 5.14. The summed E-state index contributed by atoms with van der Waals surface area (Å²) in [7, 11) is -2.16. The maximum absolute atomic E-state index is 12.0. The van der Waals surface area contributed by atoms with Crippen LogP contribution >= 0.6 is 11.6 Å². The van der Waals surface area contributed by atoms with Crippen molar-refractivity contribution in [2.45, 2.75) is 18.7 Å². The van der Waals surface area contributed by atoms with Gasteiger partial charge in [0, 0.05) is 10.7 Å². The van der Waals surface area contributed by atoms with Crippen molar-refractivity contribution in [3.05, 3.63) is 52.5 Å². The predicted octanol–water partition coefficient (Wildman–Crippen LogP) is 2.88. The summed E-state index contributed by atoms with van der Waals surface area (Å²) < 4.78 is 31.1. The summed E-state index contributed by atoms with van der Waals surface area (Å²) in [6.07, 6.45) is 0. The SMILES string of the molecule is CNS(=O)(=O)c1ccc(NC(=O)COc2c(C)cc(Cl)cc2C)cc1. The molecule has 0 aliphatic heterocycles. The molecule has 0 aliphatic rings. The zero-order valence-corrected chi connectivity index (χ0v) is 15.7. The fourth-order valence-corrected chi connectivity index (χ4v) is 3.35. The number of carbonyl (C=O) groups is 1.